The maximum absolute atomic E-state index is 5.93. The predicted molar refractivity (Wildman–Crippen MR) is 76.9 cm³/mol. The number of benzene rings is 1. The van der Waals surface area contributed by atoms with Gasteiger partial charge in [0.15, 0.2) is 0 Å². The molecule has 0 N–H and O–H groups in total. The number of halogens is 1. The van der Waals surface area contributed by atoms with Crippen LogP contribution >= 0.6 is 23.1 Å². The van der Waals surface area contributed by atoms with Crippen LogP contribution in [0.5, 0.6) is 0 Å². The van der Waals surface area contributed by atoms with Crippen molar-refractivity contribution in [2.45, 2.75) is 19.1 Å². The van der Waals surface area contributed by atoms with Gasteiger partial charge in [-0.25, -0.2) is 0 Å². The van der Waals surface area contributed by atoms with Gasteiger partial charge in [-0.05, 0) is 30.6 Å². The van der Waals surface area contributed by atoms with E-state index in [0.29, 0.717) is 5.88 Å². The topological polar surface area (TPSA) is 25.4 Å². The second kappa shape index (κ2) is 5.03. The maximum Gasteiger partial charge on any atom is 0.120 e. The molecule has 1 saturated heterocycles. The first-order valence-electron chi connectivity index (χ1n) is 6.08. The highest BCUT2D eigenvalue weighted by Crippen LogP contribution is 2.32. The Hall–Kier alpha value is -0.840. The van der Waals surface area contributed by atoms with Crippen LogP contribution in [0.15, 0.2) is 24.3 Å². The van der Waals surface area contributed by atoms with Crippen LogP contribution < -0.4 is 4.90 Å². The molecule has 0 spiro atoms. The molecule has 2 atom stereocenters. The molecule has 2 heterocycles. The van der Waals surface area contributed by atoms with Crippen LogP contribution in [-0.2, 0) is 4.74 Å². The highest BCUT2D eigenvalue weighted by molar-refractivity contribution is 7.11. The van der Waals surface area contributed by atoms with Crippen LogP contribution in [0.2, 0.25) is 0 Å². The average molecular weight is 283 g/mol. The highest BCUT2D eigenvalue weighted by Gasteiger charge is 2.26. The molecule has 1 aromatic carbocycles. The molecular weight excluding hydrogens is 268 g/mol. The number of ether oxygens (including phenoxy) is 1. The normalized spacial score (nSPS) is 24.7. The van der Waals surface area contributed by atoms with Crippen molar-refractivity contribution in [2.24, 2.45) is 0 Å². The summed E-state index contributed by atoms with van der Waals surface area (Å²) in [5.41, 5.74) is 1.07. The number of morpholine rings is 1. The summed E-state index contributed by atoms with van der Waals surface area (Å²) in [4.78, 5) is 2.35. The van der Waals surface area contributed by atoms with Crippen molar-refractivity contribution in [1.82, 2.24) is 4.37 Å². The Morgan fingerprint density at radius 3 is 3.11 bits per heavy atom. The third-order valence-electron chi connectivity index (χ3n) is 3.15. The summed E-state index contributed by atoms with van der Waals surface area (Å²) >= 11 is 7.49. The molecule has 5 heteroatoms. The van der Waals surface area contributed by atoms with Crippen LogP contribution in [0.3, 0.4) is 0 Å². The summed E-state index contributed by atoms with van der Waals surface area (Å²) in [5.74, 6) is 0.539. The molecule has 0 radical (unpaired) electrons. The highest BCUT2D eigenvalue weighted by atomic mass is 35.5. The van der Waals surface area contributed by atoms with Crippen LogP contribution in [0, 0.1) is 0 Å². The van der Waals surface area contributed by atoms with E-state index < -0.39 is 0 Å². The van der Waals surface area contributed by atoms with Crippen LogP contribution in [0.4, 0.5) is 5.00 Å². The van der Waals surface area contributed by atoms with Gasteiger partial charge in [-0.3, -0.25) is 0 Å². The third kappa shape index (κ3) is 2.20. The molecule has 1 aliphatic heterocycles. The fourth-order valence-electron chi connectivity index (χ4n) is 2.40. The number of fused-ring (bicyclic) bond motifs is 1. The lowest BCUT2D eigenvalue weighted by atomic mass is 10.2. The summed E-state index contributed by atoms with van der Waals surface area (Å²) in [7, 11) is 0. The minimum atomic E-state index is 0.108. The van der Waals surface area contributed by atoms with E-state index in [1.54, 1.807) is 11.5 Å². The zero-order valence-electron chi connectivity index (χ0n) is 10.2. The second-order valence-corrected chi connectivity index (χ2v) is 5.69. The van der Waals surface area contributed by atoms with E-state index in [9.17, 15) is 0 Å². The summed E-state index contributed by atoms with van der Waals surface area (Å²) in [6.07, 6.45) is 0.319. The molecule has 3 rings (SSSR count). The van der Waals surface area contributed by atoms with Crippen molar-refractivity contribution >= 4 is 39.0 Å². The number of rotatable bonds is 2. The van der Waals surface area contributed by atoms with Gasteiger partial charge in [0.05, 0.1) is 23.6 Å². The van der Waals surface area contributed by atoms with Gasteiger partial charge in [-0.15, -0.1) is 11.6 Å². The molecule has 0 amide bonds. The number of anilines is 1. The van der Waals surface area contributed by atoms with Crippen molar-refractivity contribution in [3.05, 3.63) is 24.3 Å². The van der Waals surface area contributed by atoms with E-state index in [1.165, 1.54) is 10.4 Å². The molecule has 1 aromatic heterocycles. The number of aromatic nitrogens is 1. The molecule has 1 aliphatic rings. The molecule has 3 nitrogen and oxygen atoms in total. The minimum Gasteiger partial charge on any atom is -0.370 e. The zero-order chi connectivity index (χ0) is 12.5. The van der Waals surface area contributed by atoms with Crippen molar-refractivity contribution in [2.75, 3.05) is 23.9 Å². The fraction of sp³-hybridized carbons (Fsp3) is 0.462. The summed E-state index contributed by atoms with van der Waals surface area (Å²) in [6, 6.07) is 8.26. The van der Waals surface area contributed by atoms with Gasteiger partial charge in [0.1, 0.15) is 5.00 Å². The molecule has 0 bridgehead atoms. The molecule has 2 aromatic rings. The molecule has 0 saturated carbocycles. The number of hydrogen-bond donors (Lipinski definition) is 0. The standard InChI is InChI=1S/C13H15ClN2OS/c1-9-7-16(8-10(6-14)17-9)13-11-4-2-3-5-12(11)15-18-13/h2-5,9-10H,6-8H2,1H3. The van der Waals surface area contributed by atoms with E-state index in [0.717, 1.165) is 18.6 Å². The first-order chi connectivity index (χ1) is 8.78. The Labute approximate surface area is 115 Å². The quantitative estimate of drug-likeness (QED) is 0.792. The lowest BCUT2D eigenvalue weighted by molar-refractivity contribution is -0.00304. The van der Waals surface area contributed by atoms with Gasteiger partial charge in [-0.1, -0.05) is 12.1 Å². The van der Waals surface area contributed by atoms with Gasteiger partial charge in [-0.2, -0.15) is 4.37 Å². The zero-order valence-corrected chi connectivity index (χ0v) is 11.7. The van der Waals surface area contributed by atoms with Crippen LogP contribution in [-0.4, -0.2) is 35.6 Å². The molecule has 18 heavy (non-hydrogen) atoms. The molecule has 0 aliphatic carbocycles. The van der Waals surface area contributed by atoms with Crippen LogP contribution in [0.25, 0.3) is 10.9 Å². The molecule has 96 valence electrons. The van der Waals surface area contributed by atoms with E-state index in [4.69, 9.17) is 16.3 Å². The van der Waals surface area contributed by atoms with Gasteiger partial charge >= 0.3 is 0 Å². The largest absolute Gasteiger partial charge is 0.370 e. The SMILES string of the molecule is CC1CN(c2snc3ccccc23)CC(CCl)O1. The average Bonchev–Trinajstić information content (AvgIpc) is 2.81. The molecular formula is C13H15ClN2OS. The Morgan fingerprint density at radius 2 is 2.28 bits per heavy atom. The van der Waals surface area contributed by atoms with E-state index >= 15 is 0 Å². The van der Waals surface area contributed by atoms with Crippen molar-refractivity contribution in [1.29, 1.82) is 0 Å². The third-order valence-corrected chi connectivity index (χ3v) is 4.43. The monoisotopic (exact) mass is 282 g/mol. The lowest BCUT2D eigenvalue weighted by Gasteiger charge is -2.36. The number of hydrogen-bond acceptors (Lipinski definition) is 4. The van der Waals surface area contributed by atoms with E-state index in [-0.39, 0.29) is 12.2 Å². The molecule has 1 fully saturated rings. The van der Waals surface area contributed by atoms with Gasteiger partial charge in [0.25, 0.3) is 0 Å². The second-order valence-electron chi connectivity index (χ2n) is 4.63. The van der Waals surface area contributed by atoms with Gasteiger partial charge in [0, 0.05) is 18.5 Å². The minimum absolute atomic E-state index is 0.108. The van der Waals surface area contributed by atoms with Crippen molar-refractivity contribution in [3.8, 4) is 0 Å². The van der Waals surface area contributed by atoms with E-state index in [2.05, 4.69) is 34.4 Å². The Bertz CT molecular complexity index is 545. The Kier molecular flexibility index (Phi) is 3.41. The van der Waals surface area contributed by atoms with Crippen molar-refractivity contribution in [3.63, 3.8) is 0 Å². The Balaban J connectivity index is 1.93. The first-order valence-corrected chi connectivity index (χ1v) is 7.39. The Morgan fingerprint density at radius 1 is 1.44 bits per heavy atom. The smallest absolute Gasteiger partial charge is 0.120 e. The maximum atomic E-state index is 5.93. The summed E-state index contributed by atoms with van der Waals surface area (Å²) in [5, 5.41) is 2.46. The lowest BCUT2D eigenvalue weighted by Crippen LogP contribution is -2.47. The molecule has 2 unspecified atom stereocenters. The van der Waals surface area contributed by atoms with Crippen molar-refractivity contribution < 1.29 is 4.74 Å². The fourth-order valence-corrected chi connectivity index (χ4v) is 3.45. The number of alkyl halides is 1. The number of nitrogens with zero attached hydrogens (tertiary/aromatic N) is 2. The van der Waals surface area contributed by atoms with Gasteiger partial charge < -0.3 is 9.64 Å². The first kappa shape index (κ1) is 12.2. The summed E-state index contributed by atoms with van der Waals surface area (Å²) < 4.78 is 10.3. The predicted octanol–water partition coefficient (Wildman–Crippen LogP) is 3.13. The van der Waals surface area contributed by atoms with Gasteiger partial charge in [0.2, 0.25) is 0 Å². The van der Waals surface area contributed by atoms with E-state index in [1.807, 2.05) is 6.07 Å². The van der Waals surface area contributed by atoms with Crippen LogP contribution in [0.1, 0.15) is 6.92 Å². The summed E-state index contributed by atoms with van der Waals surface area (Å²) in [6.45, 7) is 3.84.